The summed E-state index contributed by atoms with van der Waals surface area (Å²) < 4.78 is 1.17. The average Bonchev–Trinajstić information content (AvgIpc) is 2.04. The molecule has 1 aromatic rings. The summed E-state index contributed by atoms with van der Waals surface area (Å²) in [6.07, 6.45) is 0. The summed E-state index contributed by atoms with van der Waals surface area (Å²) in [7, 11) is 0. The van der Waals surface area contributed by atoms with Gasteiger partial charge in [-0.3, -0.25) is 0 Å². The second kappa shape index (κ2) is 3.68. The first-order valence-corrected chi connectivity index (χ1v) is 5.28. The minimum Gasteiger partial charge on any atom is -0.380 e. The molecule has 0 unspecified atom stereocenters. The van der Waals surface area contributed by atoms with E-state index in [1.54, 1.807) is 0 Å². The monoisotopic (exact) mass is 240 g/mol. The topological polar surface area (TPSA) is 24.1 Å². The van der Waals surface area contributed by atoms with Crippen LogP contribution in [0, 0.1) is 6.92 Å². The zero-order valence-electron chi connectivity index (χ0n) is 7.60. The molecule has 2 nitrogen and oxygen atoms in total. The summed E-state index contributed by atoms with van der Waals surface area (Å²) in [5.41, 5.74) is 2.47. The van der Waals surface area contributed by atoms with Crippen molar-refractivity contribution in [2.75, 3.05) is 18.4 Å². The van der Waals surface area contributed by atoms with Gasteiger partial charge >= 0.3 is 0 Å². The van der Waals surface area contributed by atoms with Gasteiger partial charge in [0.25, 0.3) is 0 Å². The molecule has 0 aliphatic carbocycles. The van der Waals surface area contributed by atoms with Gasteiger partial charge in [-0.1, -0.05) is 22.0 Å². The molecular formula is C10H13BrN2. The maximum Gasteiger partial charge on any atom is 0.0510 e. The molecule has 2 N–H and O–H groups in total. The van der Waals surface area contributed by atoms with Gasteiger partial charge in [0.2, 0.25) is 0 Å². The maximum atomic E-state index is 3.52. The second-order valence-corrected chi connectivity index (χ2v) is 4.32. The van der Waals surface area contributed by atoms with E-state index in [0.717, 1.165) is 13.1 Å². The molecule has 70 valence electrons. The minimum atomic E-state index is 0.606. The highest BCUT2D eigenvalue weighted by atomic mass is 79.9. The highest BCUT2D eigenvalue weighted by Crippen LogP contribution is 2.21. The van der Waals surface area contributed by atoms with Gasteiger partial charge in [-0.2, -0.15) is 0 Å². The van der Waals surface area contributed by atoms with E-state index in [1.165, 1.54) is 15.7 Å². The smallest absolute Gasteiger partial charge is 0.0510 e. The standard InChI is InChI=1S/C10H13BrN2/c1-7-2-3-8(4-10(7)11)13-9-5-12-6-9/h2-4,9,12-13H,5-6H2,1H3. The normalized spacial score (nSPS) is 16.8. The lowest BCUT2D eigenvalue weighted by Gasteiger charge is -2.29. The van der Waals surface area contributed by atoms with Crippen LogP contribution in [0.2, 0.25) is 0 Å². The van der Waals surface area contributed by atoms with Crippen molar-refractivity contribution in [3.8, 4) is 0 Å². The summed E-state index contributed by atoms with van der Waals surface area (Å²) in [5, 5.41) is 6.69. The van der Waals surface area contributed by atoms with E-state index in [9.17, 15) is 0 Å². The molecule has 0 radical (unpaired) electrons. The number of benzene rings is 1. The zero-order chi connectivity index (χ0) is 9.26. The molecule has 0 bridgehead atoms. The third kappa shape index (κ3) is 2.03. The third-order valence-electron chi connectivity index (χ3n) is 2.32. The highest BCUT2D eigenvalue weighted by Gasteiger charge is 2.15. The summed E-state index contributed by atoms with van der Waals surface area (Å²) in [6, 6.07) is 6.99. The van der Waals surface area contributed by atoms with E-state index in [2.05, 4.69) is 51.7 Å². The van der Waals surface area contributed by atoms with Crippen LogP contribution < -0.4 is 10.6 Å². The van der Waals surface area contributed by atoms with Crippen LogP contribution in [-0.4, -0.2) is 19.1 Å². The molecule has 0 amide bonds. The zero-order valence-corrected chi connectivity index (χ0v) is 9.19. The van der Waals surface area contributed by atoms with E-state index >= 15 is 0 Å². The number of hydrogen-bond donors (Lipinski definition) is 2. The van der Waals surface area contributed by atoms with Crippen molar-refractivity contribution < 1.29 is 0 Å². The molecule has 2 rings (SSSR count). The fraction of sp³-hybridized carbons (Fsp3) is 0.400. The molecule has 1 heterocycles. The van der Waals surface area contributed by atoms with Crippen LogP contribution in [0.5, 0.6) is 0 Å². The number of nitrogens with one attached hydrogen (secondary N) is 2. The van der Waals surface area contributed by atoms with Crippen LogP contribution in [-0.2, 0) is 0 Å². The van der Waals surface area contributed by atoms with Crippen molar-refractivity contribution in [2.24, 2.45) is 0 Å². The fourth-order valence-electron chi connectivity index (χ4n) is 1.31. The van der Waals surface area contributed by atoms with Crippen molar-refractivity contribution in [2.45, 2.75) is 13.0 Å². The van der Waals surface area contributed by atoms with Gasteiger partial charge in [0.1, 0.15) is 0 Å². The fourth-order valence-corrected chi connectivity index (χ4v) is 1.69. The summed E-state index contributed by atoms with van der Waals surface area (Å²) in [5.74, 6) is 0. The Morgan fingerprint density at radius 3 is 2.77 bits per heavy atom. The van der Waals surface area contributed by atoms with Gasteiger partial charge in [-0.05, 0) is 24.6 Å². The Hall–Kier alpha value is -0.540. The molecule has 1 aromatic carbocycles. The first-order chi connectivity index (χ1) is 6.25. The lowest BCUT2D eigenvalue weighted by atomic mass is 10.1. The lowest BCUT2D eigenvalue weighted by Crippen LogP contribution is -2.51. The molecule has 0 aromatic heterocycles. The van der Waals surface area contributed by atoms with Crippen LogP contribution in [0.15, 0.2) is 22.7 Å². The predicted octanol–water partition coefficient (Wildman–Crippen LogP) is 2.14. The van der Waals surface area contributed by atoms with E-state index in [4.69, 9.17) is 0 Å². The van der Waals surface area contributed by atoms with E-state index in [-0.39, 0.29) is 0 Å². The van der Waals surface area contributed by atoms with Gasteiger partial charge in [0.15, 0.2) is 0 Å². The molecule has 1 saturated heterocycles. The third-order valence-corrected chi connectivity index (χ3v) is 3.18. The summed E-state index contributed by atoms with van der Waals surface area (Å²) in [6.45, 7) is 4.25. The first kappa shape index (κ1) is 9.03. The summed E-state index contributed by atoms with van der Waals surface area (Å²) >= 11 is 3.52. The molecule has 0 spiro atoms. The van der Waals surface area contributed by atoms with Crippen LogP contribution in [0.25, 0.3) is 0 Å². The number of anilines is 1. The molecule has 1 aliphatic heterocycles. The van der Waals surface area contributed by atoms with Gasteiger partial charge in [0.05, 0.1) is 6.04 Å². The van der Waals surface area contributed by atoms with Crippen LogP contribution in [0.4, 0.5) is 5.69 Å². The summed E-state index contributed by atoms with van der Waals surface area (Å²) in [4.78, 5) is 0. The van der Waals surface area contributed by atoms with E-state index in [1.807, 2.05) is 0 Å². The van der Waals surface area contributed by atoms with Crippen LogP contribution >= 0.6 is 15.9 Å². The molecule has 13 heavy (non-hydrogen) atoms. The van der Waals surface area contributed by atoms with Crippen molar-refractivity contribution >= 4 is 21.6 Å². The molecule has 3 heteroatoms. The van der Waals surface area contributed by atoms with Crippen LogP contribution in [0.3, 0.4) is 0 Å². The quantitative estimate of drug-likeness (QED) is 0.828. The number of aryl methyl sites for hydroxylation is 1. The van der Waals surface area contributed by atoms with Crippen molar-refractivity contribution in [3.63, 3.8) is 0 Å². The Labute approximate surface area is 86.9 Å². The Balaban J connectivity index is 2.07. The second-order valence-electron chi connectivity index (χ2n) is 3.46. The molecule has 0 saturated carbocycles. The minimum absolute atomic E-state index is 0.606. The Morgan fingerprint density at radius 1 is 1.46 bits per heavy atom. The molecular weight excluding hydrogens is 228 g/mol. The lowest BCUT2D eigenvalue weighted by molar-refractivity contribution is 0.472. The Bertz CT molecular complexity index is 308. The highest BCUT2D eigenvalue weighted by molar-refractivity contribution is 9.10. The van der Waals surface area contributed by atoms with E-state index in [0.29, 0.717) is 6.04 Å². The van der Waals surface area contributed by atoms with Crippen molar-refractivity contribution in [1.82, 2.24) is 5.32 Å². The van der Waals surface area contributed by atoms with Crippen molar-refractivity contribution in [3.05, 3.63) is 28.2 Å². The SMILES string of the molecule is Cc1ccc(NC2CNC2)cc1Br. The Morgan fingerprint density at radius 2 is 2.23 bits per heavy atom. The molecule has 1 fully saturated rings. The van der Waals surface area contributed by atoms with Gasteiger partial charge in [-0.25, -0.2) is 0 Å². The van der Waals surface area contributed by atoms with Gasteiger partial charge in [0, 0.05) is 23.2 Å². The van der Waals surface area contributed by atoms with E-state index < -0.39 is 0 Å². The van der Waals surface area contributed by atoms with Gasteiger partial charge in [-0.15, -0.1) is 0 Å². The number of hydrogen-bond acceptors (Lipinski definition) is 2. The van der Waals surface area contributed by atoms with Crippen molar-refractivity contribution in [1.29, 1.82) is 0 Å². The number of rotatable bonds is 2. The first-order valence-electron chi connectivity index (χ1n) is 4.49. The van der Waals surface area contributed by atoms with Crippen LogP contribution in [0.1, 0.15) is 5.56 Å². The Kier molecular flexibility index (Phi) is 2.56. The van der Waals surface area contributed by atoms with Gasteiger partial charge < -0.3 is 10.6 Å². The molecule has 1 aliphatic rings. The number of halogens is 1. The largest absolute Gasteiger partial charge is 0.380 e. The maximum absolute atomic E-state index is 3.52. The molecule has 0 atom stereocenters. The predicted molar refractivity (Wildman–Crippen MR) is 59.2 cm³/mol. The average molecular weight is 241 g/mol.